The average Bonchev–Trinajstić information content (AvgIpc) is 3.23. The maximum absolute atomic E-state index is 5.78. The van der Waals surface area contributed by atoms with Gasteiger partial charge in [-0.3, -0.25) is 4.99 Å². The lowest BCUT2D eigenvalue weighted by Crippen LogP contribution is -2.38. The first kappa shape index (κ1) is 21.9. The molecule has 2 aliphatic heterocycles. The Bertz CT molecular complexity index is 351. The molecule has 0 bridgehead atoms. The summed E-state index contributed by atoms with van der Waals surface area (Å²) >= 11 is 0. The van der Waals surface area contributed by atoms with Crippen molar-refractivity contribution >= 4 is 29.9 Å². The van der Waals surface area contributed by atoms with Crippen molar-refractivity contribution in [1.82, 2.24) is 15.5 Å². The third-order valence-electron chi connectivity index (χ3n) is 4.52. The van der Waals surface area contributed by atoms with Gasteiger partial charge in [0.1, 0.15) is 0 Å². The third kappa shape index (κ3) is 8.31. The van der Waals surface area contributed by atoms with E-state index in [1.807, 2.05) is 0 Å². The molecule has 24 heavy (non-hydrogen) atoms. The van der Waals surface area contributed by atoms with Crippen LogP contribution in [0.4, 0.5) is 0 Å². The Balaban J connectivity index is 0.00000288. The number of likely N-dealkylation sites (tertiary alicyclic amines) is 1. The predicted molar refractivity (Wildman–Crippen MR) is 109 cm³/mol. The Labute approximate surface area is 164 Å². The molecule has 6 nitrogen and oxygen atoms in total. The smallest absolute Gasteiger partial charge is 0.191 e. The quantitative estimate of drug-likeness (QED) is 0.241. The minimum Gasteiger partial charge on any atom is -0.379 e. The highest BCUT2D eigenvalue weighted by Crippen LogP contribution is 2.15. The summed E-state index contributed by atoms with van der Waals surface area (Å²) in [6.45, 7) is 13.0. The molecule has 2 aliphatic rings. The van der Waals surface area contributed by atoms with E-state index in [0.29, 0.717) is 12.0 Å². The molecule has 2 atom stereocenters. The van der Waals surface area contributed by atoms with E-state index in [0.717, 1.165) is 64.8 Å². The molecule has 7 heteroatoms. The van der Waals surface area contributed by atoms with Crippen LogP contribution in [0.25, 0.3) is 0 Å². The monoisotopic (exact) mass is 454 g/mol. The van der Waals surface area contributed by atoms with Gasteiger partial charge in [0.15, 0.2) is 5.96 Å². The van der Waals surface area contributed by atoms with Crippen molar-refractivity contribution in [3.8, 4) is 0 Å². The van der Waals surface area contributed by atoms with E-state index in [9.17, 15) is 0 Å². The van der Waals surface area contributed by atoms with Crippen LogP contribution in [-0.4, -0.2) is 76.1 Å². The first-order valence-corrected chi connectivity index (χ1v) is 9.25. The summed E-state index contributed by atoms with van der Waals surface area (Å²) in [5.74, 6) is 1.64. The number of halogens is 1. The molecule has 2 saturated heterocycles. The van der Waals surface area contributed by atoms with Gasteiger partial charge < -0.3 is 25.0 Å². The zero-order valence-corrected chi connectivity index (χ0v) is 17.6. The molecule has 2 unspecified atom stereocenters. The lowest BCUT2D eigenvalue weighted by molar-refractivity contribution is 0.0420. The van der Waals surface area contributed by atoms with Crippen molar-refractivity contribution in [3.05, 3.63) is 0 Å². The molecule has 2 N–H and O–H groups in total. The second-order valence-electron chi connectivity index (χ2n) is 6.40. The maximum Gasteiger partial charge on any atom is 0.191 e. The van der Waals surface area contributed by atoms with Gasteiger partial charge in [-0.25, -0.2) is 0 Å². The van der Waals surface area contributed by atoms with Crippen LogP contribution in [0.3, 0.4) is 0 Å². The third-order valence-corrected chi connectivity index (χ3v) is 4.52. The number of nitrogens with zero attached hydrogens (tertiary/aromatic N) is 2. The number of ether oxygens (including phenoxy) is 2. The average molecular weight is 454 g/mol. The Kier molecular flexibility index (Phi) is 12.0. The van der Waals surface area contributed by atoms with E-state index in [4.69, 9.17) is 14.5 Å². The van der Waals surface area contributed by atoms with Crippen LogP contribution in [0.2, 0.25) is 0 Å². The number of hydrogen-bond acceptors (Lipinski definition) is 4. The van der Waals surface area contributed by atoms with Crippen LogP contribution in [-0.2, 0) is 9.47 Å². The highest BCUT2D eigenvalue weighted by molar-refractivity contribution is 14.0. The van der Waals surface area contributed by atoms with E-state index in [2.05, 4.69) is 29.4 Å². The summed E-state index contributed by atoms with van der Waals surface area (Å²) in [7, 11) is 0. The van der Waals surface area contributed by atoms with E-state index >= 15 is 0 Å². The Morgan fingerprint density at radius 2 is 2.17 bits per heavy atom. The number of guanidine groups is 1. The molecule has 0 aromatic carbocycles. The van der Waals surface area contributed by atoms with Crippen LogP contribution in [0.5, 0.6) is 0 Å². The summed E-state index contributed by atoms with van der Waals surface area (Å²) in [6, 6.07) is 0. The summed E-state index contributed by atoms with van der Waals surface area (Å²) in [5, 5.41) is 6.74. The zero-order valence-electron chi connectivity index (χ0n) is 15.3. The summed E-state index contributed by atoms with van der Waals surface area (Å²) in [5.41, 5.74) is 0. The second kappa shape index (κ2) is 13.1. The van der Waals surface area contributed by atoms with Crippen molar-refractivity contribution in [3.63, 3.8) is 0 Å². The van der Waals surface area contributed by atoms with Gasteiger partial charge in [0, 0.05) is 39.4 Å². The minimum atomic E-state index is 0. The van der Waals surface area contributed by atoms with Crippen LogP contribution < -0.4 is 10.6 Å². The fraction of sp³-hybridized carbons (Fsp3) is 0.941. The van der Waals surface area contributed by atoms with Gasteiger partial charge in [0.05, 0.1) is 12.7 Å². The van der Waals surface area contributed by atoms with Crippen LogP contribution in [0.15, 0.2) is 4.99 Å². The van der Waals surface area contributed by atoms with E-state index in [1.165, 1.54) is 19.5 Å². The standard InChI is InChI=1S/C17H34N4O2.HI/c1-3-18-17(20-12-15-6-9-21(4-2)13-15)19-8-5-10-23-16-7-11-22-14-16;/h15-16H,3-14H2,1-2H3,(H2,18,19,20);1H. The lowest BCUT2D eigenvalue weighted by atomic mass is 10.1. The normalized spacial score (nSPS) is 24.8. The minimum absolute atomic E-state index is 0. The fourth-order valence-electron chi connectivity index (χ4n) is 3.08. The van der Waals surface area contributed by atoms with Crippen molar-refractivity contribution in [2.24, 2.45) is 10.9 Å². The van der Waals surface area contributed by atoms with Gasteiger partial charge >= 0.3 is 0 Å². The molecule has 0 saturated carbocycles. The summed E-state index contributed by atoms with van der Waals surface area (Å²) < 4.78 is 11.1. The van der Waals surface area contributed by atoms with Gasteiger partial charge in [-0.15, -0.1) is 24.0 Å². The van der Waals surface area contributed by atoms with E-state index < -0.39 is 0 Å². The van der Waals surface area contributed by atoms with Gasteiger partial charge in [-0.2, -0.15) is 0 Å². The highest BCUT2D eigenvalue weighted by Gasteiger charge is 2.20. The molecule has 0 aromatic heterocycles. The van der Waals surface area contributed by atoms with E-state index in [1.54, 1.807) is 0 Å². The summed E-state index contributed by atoms with van der Waals surface area (Å²) in [6.07, 6.45) is 3.61. The Hall–Kier alpha value is -0.120. The van der Waals surface area contributed by atoms with Crippen molar-refractivity contribution in [2.45, 2.75) is 39.2 Å². The number of nitrogens with one attached hydrogen (secondary N) is 2. The van der Waals surface area contributed by atoms with Crippen molar-refractivity contribution in [1.29, 1.82) is 0 Å². The fourth-order valence-corrected chi connectivity index (χ4v) is 3.08. The molecular formula is C17H35IN4O2. The first-order valence-electron chi connectivity index (χ1n) is 9.25. The molecule has 0 aliphatic carbocycles. The molecule has 0 spiro atoms. The molecule has 2 fully saturated rings. The number of hydrogen-bond donors (Lipinski definition) is 2. The number of rotatable bonds is 9. The van der Waals surface area contributed by atoms with Crippen molar-refractivity contribution < 1.29 is 9.47 Å². The predicted octanol–water partition coefficient (Wildman–Crippen LogP) is 1.70. The second-order valence-corrected chi connectivity index (χ2v) is 6.40. The van der Waals surface area contributed by atoms with Crippen LogP contribution >= 0.6 is 24.0 Å². The molecule has 0 radical (unpaired) electrons. The van der Waals surface area contributed by atoms with E-state index in [-0.39, 0.29) is 24.0 Å². The molecule has 0 aromatic rings. The van der Waals surface area contributed by atoms with Crippen LogP contribution in [0.1, 0.15) is 33.1 Å². The van der Waals surface area contributed by atoms with Crippen LogP contribution in [0, 0.1) is 5.92 Å². The highest BCUT2D eigenvalue weighted by atomic mass is 127. The molecule has 2 heterocycles. The zero-order chi connectivity index (χ0) is 16.3. The molecule has 2 rings (SSSR count). The van der Waals surface area contributed by atoms with Gasteiger partial charge in [0.25, 0.3) is 0 Å². The largest absolute Gasteiger partial charge is 0.379 e. The summed E-state index contributed by atoms with van der Waals surface area (Å²) in [4.78, 5) is 7.25. The number of aliphatic imine (C=N–C) groups is 1. The van der Waals surface area contributed by atoms with Gasteiger partial charge in [-0.05, 0) is 45.2 Å². The topological polar surface area (TPSA) is 58.1 Å². The SMILES string of the molecule is CCNC(=NCC1CCN(CC)C1)NCCCOC1CCOC1.I. The van der Waals surface area contributed by atoms with Crippen molar-refractivity contribution in [2.75, 3.05) is 59.1 Å². The molecule has 142 valence electrons. The maximum atomic E-state index is 5.78. The van der Waals surface area contributed by atoms with Gasteiger partial charge in [-0.1, -0.05) is 6.92 Å². The Morgan fingerprint density at radius 3 is 2.83 bits per heavy atom. The molecular weight excluding hydrogens is 419 g/mol. The Morgan fingerprint density at radius 1 is 1.29 bits per heavy atom. The first-order chi connectivity index (χ1) is 11.3. The molecule has 0 amide bonds. The van der Waals surface area contributed by atoms with Gasteiger partial charge in [0.2, 0.25) is 0 Å². The lowest BCUT2D eigenvalue weighted by Gasteiger charge is -2.14.